The van der Waals surface area contributed by atoms with Crippen molar-refractivity contribution >= 4 is 5.91 Å². The number of allylic oxidation sites excluding steroid dienone is 2. The molecule has 1 aromatic rings. The van der Waals surface area contributed by atoms with E-state index in [2.05, 4.69) is 40.7 Å². The Bertz CT molecular complexity index is 1080. The highest BCUT2D eigenvalue weighted by Crippen LogP contribution is 2.68. The number of aromatic nitrogens is 1. The number of amides is 1. The van der Waals surface area contributed by atoms with Gasteiger partial charge in [-0.25, -0.2) is 4.98 Å². The van der Waals surface area contributed by atoms with Gasteiger partial charge in [0.15, 0.2) is 5.89 Å². The fraction of sp³-hybridized carbons (Fsp3) is 0.812. The van der Waals surface area contributed by atoms with Crippen LogP contribution in [0.3, 0.4) is 0 Å². The van der Waals surface area contributed by atoms with Crippen molar-refractivity contribution in [2.24, 2.45) is 40.4 Å². The van der Waals surface area contributed by atoms with Crippen molar-refractivity contribution in [2.45, 2.75) is 98.3 Å². The van der Waals surface area contributed by atoms with E-state index in [9.17, 15) is 4.79 Å². The second kappa shape index (κ2) is 8.96. The van der Waals surface area contributed by atoms with Crippen LogP contribution in [0.2, 0.25) is 0 Å². The molecular weight excluding hydrogens is 460 g/mol. The molecule has 0 bridgehead atoms. The van der Waals surface area contributed by atoms with E-state index in [1.165, 1.54) is 37.8 Å². The summed E-state index contributed by atoms with van der Waals surface area (Å²) in [5.41, 5.74) is 3.33. The molecule has 2 heterocycles. The third-order valence-corrected chi connectivity index (χ3v) is 12.0. The average Bonchev–Trinajstić information content (AvgIpc) is 3.42. The summed E-state index contributed by atoms with van der Waals surface area (Å²) in [7, 11) is 0. The summed E-state index contributed by atoms with van der Waals surface area (Å²) in [6.07, 6.45) is 12.0. The van der Waals surface area contributed by atoms with E-state index in [0.717, 1.165) is 61.3 Å². The number of aryl methyl sites for hydroxylation is 1. The number of ether oxygens (including phenoxy) is 1. The van der Waals surface area contributed by atoms with Crippen LogP contribution in [-0.4, -0.2) is 42.1 Å². The van der Waals surface area contributed by atoms with E-state index in [1.807, 2.05) is 11.8 Å². The van der Waals surface area contributed by atoms with Crippen LogP contribution in [0, 0.1) is 47.3 Å². The first kappa shape index (κ1) is 25.6. The second-order valence-corrected chi connectivity index (χ2v) is 14.2. The van der Waals surface area contributed by atoms with Gasteiger partial charge in [-0.05, 0) is 92.8 Å². The molecule has 6 rings (SSSR count). The smallest absolute Gasteiger partial charge is 0.222 e. The first-order valence-electron chi connectivity index (χ1n) is 15.1. The van der Waals surface area contributed by atoms with Gasteiger partial charge in [0, 0.05) is 38.3 Å². The zero-order chi connectivity index (χ0) is 26.2. The second-order valence-electron chi connectivity index (χ2n) is 14.2. The van der Waals surface area contributed by atoms with Crippen molar-refractivity contribution in [1.82, 2.24) is 9.88 Å². The number of rotatable bonds is 4. The molecule has 0 aromatic carbocycles. The average molecular weight is 509 g/mol. The quantitative estimate of drug-likeness (QED) is 0.436. The molecule has 1 amide bonds. The molecule has 37 heavy (non-hydrogen) atoms. The SMILES string of the molecule is Cc1nc2c(o1)C(C)(C)C1=CC[C@H]3[C@@H]4CC[C@H]([C@H](C)CCC(=O)N5CCOCC5)[C@@]4(C)CC[C@@H]3[C@@]1(C)C2. The Labute approximate surface area is 223 Å². The zero-order valence-electron chi connectivity index (χ0n) is 24.1. The monoisotopic (exact) mass is 508 g/mol. The van der Waals surface area contributed by atoms with Gasteiger partial charge in [-0.3, -0.25) is 4.79 Å². The largest absolute Gasteiger partial charge is 0.445 e. The van der Waals surface area contributed by atoms with Crippen molar-refractivity contribution in [3.05, 3.63) is 29.0 Å². The Morgan fingerprint density at radius 1 is 1.14 bits per heavy atom. The number of hydrogen-bond donors (Lipinski definition) is 0. The van der Waals surface area contributed by atoms with E-state index in [1.54, 1.807) is 5.57 Å². The summed E-state index contributed by atoms with van der Waals surface area (Å²) in [6, 6.07) is 0. The maximum atomic E-state index is 12.8. The van der Waals surface area contributed by atoms with Crippen LogP contribution >= 0.6 is 0 Å². The highest BCUT2D eigenvalue weighted by molar-refractivity contribution is 5.76. The molecular formula is C32H48N2O3. The Morgan fingerprint density at radius 3 is 2.65 bits per heavy atom. The molecule has 0 unspecified atom stereocenters. The Kier molecular flexibility index (Phi) is 6.21. The number of hydrogen-bond acceptors (Lipinski definition) is 4. The third kappa shape index (κ3) is 3.88. The van der Waals surface area contributed by atoms with E-state index in [-0.39, 0.29) is 10.8 Å². The van der Waals surface area contributed by atoms with E-state index in [4.69, 9.17) is 14.1 Å². The molecule has 1 aromatic heterocycles. The van der Waals surface area contributed by atoms with Gasteiger partial charge in [-0.2, -0.15) is 0 Å². The fourth-order valence-corrected chi connectivity index (χ4v) is 10.3. The minimum Gasteiger partial charge on any atom is -0.445 e. The normalized spacial score (nSPS) is 39.2. The van der Waals surface area contributed by atoms with E-state index in [0.29, 0.717) is 36.9 Å². The third-order valence-electron chi connectivity index (χ3n) is 12.0. The van der Waals surface area contributed by atoms with Crippen LogP contribution in [0.25, 0.3) is 0 Å². The molecule has 5 heteroatoms. The molecule has 204 valence electrons. The highest BCUT2D eigenvalue weighted by Gasteiger charge is 2.61. The van der Waals surface area contributed by atoms with Crippen molar-refractivity contribution in [3.8, 4) is 0 Å². The topological polar surface area (TPSA) is 55.6 Å². The number of oxazole rings is 1. The van der Waals surface area contributed by atoms with E-state index < -0.39 is 0 Å². The van der Waals surface area contributed by atoms with Crippen molar-refractivity contribution in [3.63, 3.8) is 0 Å². The fourth-order valence-electron chi connectivity index (χ4n) is 10.3. The molecule has 0 radical (unpaired) electrons. The van der Waals surface area contributed by atoms with Gasteiger partial charge in [-0.15, -0.1) is 0 Å². The van der Waals surface area contributed by atoms with Gasteiger partial charge in [-0.1, -0.05) is 32.4 Å². The molecule has 5 nitrogen and oxygen atoms in total. The Hall–Kier alpha value is -1.62. The summed E-state index contributed by atoms with van der Waals surface area (Å²) in [6.45, 7) is 17.2. The molecule has 0 spiro atoms. The van der Waals surface area contributed by atoms with Crippen LogP contribution in [0.1, 0.15) is 96.9 Å². The maximum absolute atomic E-state index is 12.8. The Balaban J connectivity index is 1.19. The summed E-state index contributed by atoms with van der Waals surface area (Å²) < 4.78 is 11.6. The van der Waals surface area contributed by atoms with Crippen LogP contribution in [-0.2, 0) is 21.4 Å². The lowest BCUT2D eigenvalue weighted by Gasteiger charge is -2.59. The molecule has 1 saturated heterocycles. The number of carbonyl (C=O) groups is 1. The molecule has 7 atom stereocenters. The minimum atomic E-state index is -0.0743. The molecule has 0 N–H and O–H groups in total. The maximum Gasteiger partial charge on any atom is 0.222 e. The standard InChI is InChI=1S/C32H48N2O3/c1-20(7-12-28(35)34-15-17-36-18-16-34)23-9-10-24-22-8-11-27-30(3,4)29-26(33-21(2)37-29)19-32(27,6)25(22)13-14-31(23,24)5/h11,20,22-25H,7-10,12-19H2,1-6H3/t20-,22+,23-,24+,25+,31-,32-/m1/s1. The lowest BCUT2D eigenvalue weighted by molar-refractivity contribution is -0.135. The van der Waals surface area contributed by atoms with Crippen molar-refractivity contribution in [2.75, 3.05) is 26.3 Å². The summed E-state index contributed by atoms with van der Waals surface area (Å²) in [4.78, 5) is 19.7. The lowest BCUT2D eigenvalue weighted by Crippen LogP contribution is -2.53. The first-order valence-corrected chi connectivity index (χ1v) is 15.1. The van der Waals surface area contributed by atoms with Crippen molar-refractivity contribution < 1.29 is 13.9 Å². The molecule has 5 aliphatic rings. The molecule has 2 saturated carbocycles. The van der Waals surface area contributed by atoms with Gasteiger partial charge in [0.1, 0.15) is 5.76 Å². The lowest BCUT2D eigenvalue weighted by atomic mass is 9.45. The van der Waals surface area contributed by atoms with Gasteiger partial charge in [0.2, 0.25) is 5.91 Å². The number of fused-ring (bicyclic) bond motifs is 6. The van der Waals surface area contributed by atoms with Gasteiger partial charge < -0.3 is 14.1 Å². The predicted octanol–water partition coefficient (Wildman–Crippen LogP) is 6.49. The molecule has 1 aliphatic heterocycles. The predicted molar refractivity (Wildman–Crippen MR) is 145 cm³/mol. The van der Waals surface area contributed by atoms with Crippen LogP contribution in [0.15, 0.2) is 16.1 Å². The molecule has 3 fully saturated rings. The Morgan fingerprint density at radius 2 is 1.89 bits per heavy atom. The van der Waals surface area contributed by atoms with E-state index >= 15 is 0 Å². The minimum absolute atomic E-state index is 0.0743. The zero-order valence-corrected chi connectivity index (χ0v) is 24.1. The van der Waals surface area contributed by atoms with Crippen LogP contribution < -0.4 is 0 Å². The van der Waals surface area contributed by atoms with Gasteiger partial charge in [0.05, 0.1) is 18.9 Å². The van der Waals surface area contributed by atoms with Crippen molar-refractivity contribution in [1.29, 1.82) is 0 Å². The number of morpholine rings is 1. The van der Waals surface area contributed by atoms with Gasteiger partial charge in [0.25, 0.3) is 0 Å². The van der Waals surface area contributed by atoms with Crippen LogP contribution in [0.4, 0.5) is 0 Å². The van der Waals surface area contributed by atoms with Crippen LogP contribution in [0.5, 0.6) is 0 Å². The first-order chi connectivity index (χ1) is 17.6. The van der Waals surface area contributed by atoms with Gasteiger partial charge >= 0.3 is 0 Å². The molecule has 4 aliphatic carbocycles. The summed E-state index contributed by atoms with van der Waals surface area (Å²) in [5, 5.41) is 0. The summed E-state index contributed by atoms with van der Waals surface area (Å²) >= 11 is 0. The number of carbonyl (C=O) groups excluding carboxylic acids is 1. The summed E-state index contributed by atoms with van der Waals surface area (Å²) in [5.74, 6) is 5.89. The highest BCUT2D eigenvalue weighted by atomic mass is 16.5. The number of nitrogens with zero attached hydrogens (tertiary/aromatic N) is 2.